The molecule has 7 heteroatoms. The first kappa shape index (κ1) is 13.9. The molecule has 1 fully saturated rings. The largest absolute Gasteiger partial charge is 0.243 e. The van der Waals surface area contributed by atoms with Gasteiger partial charge in [-0.15, -0.1) is 0 Å². The summed E-state index contributed by atoms with van der Waals surface area (Å²) in [6.45, 7) is 2.90. The second kappa shape index (κ2) is 5.61. The van der Waals surface area contributed by atoms with Gasteiger partial charge in [0, 0.05) is 23.7 Å². The van der Waals surface area contributed by atoms with Crippen molar-refractivity contribution in [1.82, 2.24) is 4.31 Å². The molecule has 0 unspecified atom stereocenters. The molecule has 1 saturated heterocycles. The molecule has 0 spiro atoms. The van der Waals surface area contributed by atoms with Gasteiger partial charge < -0.3 is 0 Å². The van der Waals surface area contributed by atoms with Crippen molar-refractivity contribution < 1.29 is 8.42 Å². The Kier molecular flexibility index (Phi) is 4.09. The smallest absolute Gasteiger partial charge is 0.207 e. The lowest BCUT2D eigenvalue weighted by atomic mass is 10.2. The van der Waals surface area contributed by atoms with Crippen molar-refractivity contribution in [3.63, 3.8) is 0 Å². The van der Waals surface area contributed by atoms with Crippen molar-refractivity contribution in [1.29, 1.82) is 0 Å². The highest BCUT2D eigenvalue weighted by Crippen LogP contribution is 2.26. The highest BCUT2D eigenvalue weighted by atomic mass is 32.2. The van der Waals surface area contributed by atoms with Crippen LogP contribution in [0.25, 0.3) is 10.4 Å². The standard InChI is InChI=1S/C12H16N4O2S/c1-10-5-6-11(9-12(10)14-15-13)19(17,18)16-7-3-2-4-8-16/h5-6,9H,2-4,7-8H2,1H3. The monoisotopic (exact) mass is 280 g/mol. The molecule has 0 aliphatic carbocycles. The van der Waals surface area contributed by atoms with Crippen LogP contribution < -0.4 is 0 Å². The lowest BCUT2D eigenvalue weighted by Crippen LogP contribution is -2.35. The molecule has 0 atom stereocenters. The Balaban J connectivity index is 2.40. The molecule has 0 N–H and O–H groups in total. The van der Waals surface area contributed by atoms with Crippen LogP contribution in [-0.2, 0) is 10.0 Å². The van der Waals surface area contributed by atoms with Crippen LogP contribution in [-0.4, -0.2) is 25.8 Å². The van der Waals surface area contributed by atoms with Crippen molar-refractivity contribution in [3.8, 4) is 0 Å². The van der Waals surface area contributed by atoms with Crippen LogP contribution in [0.15, 0.2) is 28.2 Å². The van der Waals surface area contributed by atoms with Crippen LogP contribution in [0, 0.1) is 6.92 Å². The SMILES string of the molecule is Cc1ccc(S(=O)(=O)N2CCCCC2)cc1N=[N+]=[N-]. The molecule has 102 valence electrons. The molecule has 0 bridgehead atoms. The predicted octanol–water partition coefficient (Wildman–Crippen LogP) is 3.11. The van der Waals surface area contributed by atoms with Crippen molar-refractivity contribution in [3.05, 3.63) is 34.2 Å². The van der Waals surface area contributed by atoms with Crippen molar-refractivity contribution in [2.75, 3.05) is 13.1 Å². The Hall–Kier alpha value is -1.56. The van der Waals surface area contributed by atoms with Gasteiger partial charge in [-0.2, -0.15) is 4.31 Å². The second-order valence-electron chi connectivity index (χ2n) is 4.60. The molecule has 1 heterocycles. The van der Waals surface area contributed by atoms with E-state index in [4.69, 9.17) is 5.53 Å². The molecule has 19 heavy (non-hydrogen) atoms. The fourth-order valence-corrected chi connectivity index (χ4v) is 3.70. The summed E-state index contributed by atoms with van der Waals surface area (Å²) in [6, 6.07) is 4.68. The Labute approximate surface area is 112 Å². The second-order valence-corrected chi connectivity index (χ2v) is 6.54. The number of aryl methyl sites for hydroxylation is 1. The lowest BCUT2D eigenvalue weighted by molar-refractivity contribution is 0.346. The van der Waals surface area contributed by atoms with E-state index in [0.717, 1.165) is 24.8 Å². The maximum Gasteiger partial charge on any atom is 0.243 e. The first-order valence-corrected chi connectivity index (χ1v) is 7.65. The van der Waals surface area contributed by atoms with Gasteiger partial charge in [-0.1, -0.05) is 17.6 Å². The van der Waals surface area contributed by atoms with E-state index in [1.165, 1.54) is 10.4 Å². The van der Waals surface area contributed by atoms with E-state index in [2.05, 4.69) is 10.0 Å². The van der Waals surface area contributed by atoms with Gasteiger partial charge in [0.2, 0.25) is 10.0 Å². The van der Waals surface area contributed by atoms with E-state index in [1.54, 1.807) is 19.1 Å². The quantitative estimate of drug-likeness (QED) is 0.484. The minimum absolute atomic E-state index is 0.197. The van der Waals surface area contributed by atoms with Crippen molar-refractivity contribution in [2.24, 2.45) is 5.11 Å². The van der Waals surface area contributed by atoms with Crippen LogP contribution in [0.4, 0.5) is 5.69 Å². The molecule has 0 amide bonds. The Morgan fingerprint density at radius 2 is 1.95 bits per heavy atom. The van der Waals surface area contributed by atoms with E-state index < -0.39 is 10.0 Å². The van der Waals surface area contributed by atoms with Gasteiger partial charge in [0.05, 0.1) is 4.90 Å². The number of nitrogens with zero attached hydrogens (tertiary/aromatic N) is 4. The average molecular weight is 280 g/mol. The van der Waals surface area contributed by atoms with Gasteiger partial charge >= 0.3 is 0 Å². The molecule has 1 aliphatic heterocycles. The maximum absolute atomic E-state index is 12.4. The van der Waals surface area contributed by atoms with Crippen LogP contribution in [0.2, 0.25) is 0 Å². The van der Waals surface area contributed by atoms with Gasteiger partial charge in [-0.25, -0.2) is 8.42 Å². The summed E-state index contributed by atoms with van der Waals surface area (Å²) in [5.74, 6) is 0. The van der Waals surface area contributed by atoms with Crippen LogP contribution in [0.5, 0.6) is 0 Å². The third-order valence-electron chi connectivity index (χ3n) is 3.29. The van der Waals surface area contributed by atoms with Crippen molar-refractivity contribution in [2.45, 2.75) is 31.1 Å². The number of hydrogen-bond acceptors (Lipinski definition) is 3. The topological polar surface area (TPSA) is 86.1 Å². The lowest BCUT2D eigenvalue weighted by Gasteiger charge is -2.26. The predicted molar refractivity (Wildman–Crippen MR) is 72.6 cm³/mol. The number of sulfonamides is 1. The third-order valence-corrected chi connectivity index (χ3v) is 5.18. The molecule has 1 aromatic rings. The molecular formula is C12H16N4O2S. The number of benzene rings is 1. The molecule has 1 aliphatic rings. The van der Waals surface area contributed by atoms with Crippen LogP contribution >= 0.6 is 0 Å². The molecular weight excluding hydrogens is 264 g/mol. The Bertz CT molecular complexity index is 615. The zero-order chi connectivity index (χ0) is 13.9. The van der Waals surface area contributed by atoms with Gasteiger partial charge in [0.1, 0.15) is 0 Å². The molecule has 1 aromatic carbocycles. The summed E-state index contributed by atoms with van der Waals surface area (Å²) in [4.78, 5) is 2.92. The maximum atomic E-state index is 12.4. The minimum Gasteiger partial charge on any atom is -0.207 e. The summed E-state index contributed by atoms with van der Waals surface area (Å²) < 4.78 is 26.4. The molecule has 0 radical (unpaired) electrons. The normalized spacial score (nSPS) is 16.9. The highest BCUT2D eigenvalue weighted by Gasteiger charge is 2.26. The zero-order valence-corrected chi connectivity index (χ0v) is 11.6. The van der Waals surface area contributed by atoms with Gasteiger partial charge in [0.15, 0.2) is 0 Å². The summed E-state index contributed by atoms with van der Waals surface area (Å²) in [6.07, 6.45) is 2.87. The Morgan fingerprint density at radius 3 is 2.58 bits per heavy atom. The highest BCUT2D eigenvalue weighted by molar-refractivity contribution is 7.89. The first-order chi connectivity index (χ1) is 9.05. The number of rotatable bonds is 3. The van der Waals surface area contributed by atoms with Gasteiger partial charge in [-0.3, -0.25) is 0 Å². The minimum atomic E-state index is -3.47. The fourth-order valence-electron chi connectivity index (χ4n) is 2.16. The number of azide groups is 1. The van der Waals surface area contributed by atoms with E-state index in [1.807, 2.05) is 0 Å². The summed E-state index contributed by atoms with van der Waals surface area (Å²) in [5.41, 5.74) is 9.61. The summed E-state index contributed by atoms with van der Waals surface area (Å²) in [7, 11) is -3.47. The van der Waals surface area contributed by atoms with Crippen LogP contribution in [0.3, 0.4) is 0 Å². The van der Waals surface area contributed by atoms with Gasteiger partial charge in [0.25, 0.3) is 0 Å². The van der Waals surface area contributed by atoms with E-state index in [0.29, 0.717) is 18.8 Å². The average Bonchev–Trinajstić information content (AvgIpc) is 2.42. The first-order valence-electron chi connectivity index (χ1n) is 6.21. The number of piperidine rings is 1. The Morgan fingerprint density at radius 1 is 1.26 bits per heavy atom. The van der Waals surface area contributed by atoms with E-state index in [9.17, 15) is 8.42 Å². The molecule has 6 nitrogen and oxygen atoms in total. The third kappa shape index (κ3) is 2.89. The molecule has 0 saturated carbocycles. The fraction of sp³-hybridized carbons (Fsp3) is 0.500. The molecule has 2 rings (SSSR count). The van der Waals surface area contributed by atoms with Crippen LogP contribution in [0.1, 0.15) is 24.8 Å². The van der Waals surface area contributed by atoms with Gasteiger partial charge in [-0.05, 0) is 43.0 Å². The van der Waals surface area contributed by atoms with E-state index >= 15 is 0 Å². The summed E-state index contributed by atoms with van der Waals surface area (Å²) in [5, 5.41) is 3.52. The molecule has 0 aromatic heterocycles. The summed E-state index contributed by atoms with van der Waals surface area (Å²) >= 11 is 0. The zero-order valence-electron chi connectivity index (χ0n) is 10.8. The number of hydrogen-bond donors (Lipinski definition) is 0. The van der Waals surface area contributed by atoms with E-state index in [-0.39, 0.29) is 4.90 Å². The van der Waals surface area contributed by atoms with Crippen molar-refractivity contribution >= 4 is 15.7 Å².